The van der Waals surface area contributed by atoms with Crippen LogP contribution in [0.3, 0.4) is 0 Å². The van der Waals surface area contributed by atoms with E-state index in [0.29, 0.717) is 6.04 Å². The fourth-order valence-electron chi connectivity index (χ4n) is 3.12. The third kappa shape index (κ3) is 3.56. The SMILES string of the molecule is CCCC1CC(N)CN(Cc2ccccc2C)C1. The molecule has 1 aliphatic rings. The highest BCUT2D eigenvalue weighted by Crippen LogP contribution is 2.22. The van der Waals surface area contributed by atoms with Gasteiger partial charge >= 0.3 is 0 Å². The molecule has 0 amide bonds. The van der Waals surface area contributed by atoms with Gasteiger partial charge in [-0.3, -0.25) is 4.90 Å². The van der Waals surface area contributed by atoms with Crippen molar-refractivity contribution in [3.05, 3.63) is 35.4 Å². The largest absolute Gasteiger partial charge is 0.327 e. The van der Waals surface area contributed by atoms with Gasteiger partial charge in [0, 0.05) is 25.7 Å². The lowest BCUT2D eigenvalue weighted by Gasteiger charge is -2.36. The molecule has 18 heavy (non-hydrogen) atoms. The second-order valence-electron chi connectivity index (χ2n) is 5.77. The normalized spacial score (nSPS) is 25.3. The number of benzene rings is 1. The Morgan fingerprint density at radius 3 is 2.78 bits per heavy atom. The molecular weight excluding hydrogens is 220 g/mol. The molecule has 1 saturated heterocycles. The Bertz CT molecular complexity index is 375. The molecule has 100 valence electrons. The fraction of sp³-hybridized carbons (Fsp3) is 0.625. The third-order valence-electron chi connectivity index (χ3n) is 4.00. The van der Waals surface area contributed by atoms with Crippen molar-refractivity contribution in [1.82, 2.24) is 4.90 Å². The van der Waals surface area contributed by atoms with E-state index in [-0.39, 0.29) is 0 Å². The highest BCUT2D eigenvalue weighted by molar-refractivity contribution is 5.25. The summed E-state index contributed by atoms with van der Waals surface area (Å²) in [6, 6.07) is 9.04. The molecule has 0 radical (unpaired) electrons. The van der Waals surface area contributed by atoms with Crippen LogP contribution in [0.15, 0.2) is 24.3 Å². The maximum atomic E-state index is 6.20. The molecule has 2 nitrogen and oxygen atoms in total. The van der Waals surface area contributed by atoms with Gasteiger partial charge in [0.15, 0.2) is 0 Å². The zero-order valence-corrected chi connectivity index (χ0v) is 11.7. The molecule has 1 fully saturated rings. The molecule has 0 aromatic heterocycles. The number of aryl methyl sites for hydroxylation is 1. The summed E-state index contributed by atoms with van der Waals surface area (Å²) in [5.74, 6) is 0.794. The molecule has 0 saturated carbocycles. The van der Waals surface area contributed by atoms with Crippen molar-refractivity contribution in [3.8, 4) is 0 Å². The summed E-state index contributed by atoms with van der Waals surface area (Å²) in [5, 5.41) is 0. The summed E-state index contributed by atoms with van der Waals surface area (Å²) in [6.07, 6.45) is 3.80. The Labute approximate surface area is 111 Å². The molecule has 2 atom stereocenters. The van der Waals surface area contributed by atoms with Crippen molar-refractivity contribution in [1.29, 1.82) is 0 Å². The van der Waals surface area contributed by atoms with Gasteiger partial charge in [0.05, 0.1) is 0 Å². The van der Waals surface area contributed by atoms with Gasteiger partial charge < -0.3 is 5.73 Å². The molecule has 1 aromatic rings. The highest BCUT2D eigenvalue weighted by Gasteiger charge is 2.24. The van der Waals surface area contributed by atoms with E-state index >= 15 is 0 Å². The number of hydrogen-bond donors (Lipinski definition) is 1. The Kier molecular flexibility index (Phi) is 4.79. The standard InChI is InChI=1S/C16H26N2/c1-3-6-14-9-16(17)12-18(10-14)11-15-8-5-4-7-13(15)2/h4-5,7-8,14,16H,3,6,9-12,17H2,1-2H3. The van der Waals surface area contributed by atoms with Crippen LogP contribution in [0.4, 0.5) is 0 Å². The Morgan fingerprint density at radius 1 is 1.28 bits per heavy atom. The topological polar surface area (TPSA) is 29.3 Å². The summed E-state index contributed by atoms with van der Waals surface area (Å²) < 4.78 is 0. The number of hydrogen-bond acceptors (Lipinski definition) is 2. The maximum Gasteiger partial charge on any atom is 0.0237 e. The number of rotatable bonds is 4. The van der Waals surface area contributed by atoms with Crippen molar-refractivity contribution in [2.45, 2.75) is 45.7 Å². The first-order chi connectivity index (χ1) is 8.69. The van der Waals surface area contributed by atoms with Crippen LogP contribution in [0.1, 0.15) is 37.3 Å². The Balaban J connectivity index is 1.98. The van der Waals surface area contributed by atoms with E-state index in [4.69, 9.17) is 5.73 Å². The van der Waals surface area contributed by atoms with Gasteiger partial charge in [-0.25, -0.2) is 0 Å². The zero-order chi connectivity index (χ0) is 13.0. The highest BCUT2D eigenvalue weighted by atomic mass is 15.1. The summed E-state index contributed by atoms with van der Waals surface area (Å²) in [7, 11) is 0. The van der Waals surface area contributed by atoms with E-state index in [2.05, 4.69) is 43.0 Å². The van der Waals surface area contributed by atoms with Crippen LogP contribution >= 0.6 is 0 Å². The zero-order valence-electron chi connectivity index (χ0n) is 11.7. The maximum absolute atomic E-state index is 6.20. The molecule has 1 aliphatic heterocycles. The summed E-state index contributed by atoms with van der Waals surface area (Å²) in [5.41, 5.74) is 9.03. The fourth-order valence-corrected chi connectivity index (χ4v) is 3.12. The van der Waals surface area contributed by atoms with Gasteiger partial charge in [0.1, 0.15) is 0 Å². The van der Waals surface area contributed by atoms with E-state index in [1.165, 1.54) is 36.9 Å². The van der Waals surface area contributed by atoms with Crippen molar-refractivity contribution in [2.24, 2.45) is 11.7 Å². The molecule has 2 rings (SSSR count). The molecule has 0 bridgehead atoms. The molecule has 2 N–H and O–H groups in total. The number of likely N-dealkylation sites (tertiary alicyclic amines) is 1. The molecule has 2 unspecified atom stereocenters. The summed E-state index contributed by atoms with van der Waals surface area (Å²) in [6.45, 7) is 7.79. The van der Waals surface area contributed by atoms with Crippen molar-refractivity contribution >= 4 is 0 Å². The first-order valence-corrected chi connectivity index (χ1v) is 7.21. The van der Waals surface area contributed by atoms with Gasteiger partial charge in [0.25, 0.3) is 0 Å². The minimum Gasteiger partial charge on any atom is -0.327 e. The average molecular weight is 246 g/mol. The minimum absolute atomic E-state index is 0.360. The van der Waals surface area contributed by atoms with Gasteiger partial charge in [-0.15, -0.1) is 0 Å². The van der Waals surface area contributed by atoms with Crippen LogP contribution < -0.4 is 5.73 Å². The third-order valence-corrected chi connectivity index (χ3v) is 4.00. The number of nitrogens with zero attached hydrogens (tertiary/aromatic N) is 1. The van der Waals surface area contributed by atoms with Crippen LogP contribution in [-0.2, 0) is 6.54 Å². The van der Waals surface area contributed by atoms with E-state index in [1.807, 2.05) is 0 Å². The molecule has 0 aliphatic carbocycles. The minimum atomic E-state index is 0.360. The van der Waals surface area contributed by atoms with Crippen molar-refractivity contribution < 1.29 is 0 Å². The lowest BCUT2D eigenvalue weighted by molar-refractivity contribution is 0.143. The predicted molar refractivity (Wildman–Crippen MR) is 77.4 cm³/mol. The van der Waals surface area contributed by atoms with Crippen LogP contribution in [-0.4, -0.2) is 24.0 Å². The molecule has 1 aromatic carbocycles. The number of nitrogens with two attached hydrogens (primary N) is 1. The summed E-state index contributed by atoms with van der Waals surface area (Å²) in [4.78, 5) is 2.54. The van der Waals surface area contributed by atoms with E-state index in [1.54, 1.807) is 0 Å². The monoisotopic (exact) mass is 246 g/mol. The van der Waals surface area contributed by atoms with Crippen LogP contribution in [0, 0.1) is 12.8 Å². The summed E-state index contributed by atoms with van der Waals surface area (Å²) >= 11 is 0. The molecule has 0 spiro atoms. The average Bonchev–Trinajstić information content (AvgIpc) is 2.32. The Morgan fingerprint density at radius 2 is 2.06 bits per heavy atom. The van der Waals surface area contributed by atoms with E-state index in [9.17, 15) is 0 Å². The van der Waals surface area contributed by atoms with Gasteiger partial charge in [-0.05, 0) is 36.8 Å². The second-order valence-corrected chi connectivity index (χ2v) is 5.77. The van der Waals surface area contributed by atoms with Crippen LogP contribution in [0.25, 0.3) is 0 Å². The Hall–Kier alpha value is -0.860. The molecular formula is C16H26N2. The van der Waals surface area contributed by atoms with Crippen LogP contribution in [0.5, 0.6) is 0 Å². The quantitative estimate of drug-likeness (QED) is 0.885. The van der Waals surface area contributed by atoms with Crippen LogP contribution in [0.2, 0.25) is 0 Å². The van der Waals surface area contributed by atoms with Crippen molar-refractivity contribution in [2.75, 3.05) is 13.1 Å². The smallest absolute Gasteiger partial charge is 0.0237 e. The lowest BCUT2D eigenvalue weighted by Crippen LogP contribution is -2.46. The van der Waals surface area contributed by atoms with E-state index in [0.717, 1.165) is 19.0 Å². The molecule has 1 heterocycles. The predicted octanol–water partition coefficient (Wildman–Crippen LogP) is 2.94. The van der Waals surface area contributed by atoms with E-state index < -0.39 is 0 Å². The van der Waals surface area contributed by atoms with Gasteiger partial charge in [-0.1, -0.05) is 37.6 Å². The second kappa shape index (κ2) is 6.35. The molecule has 2 heteroatoms. The van der Waals surface area contributed by atoms with Gasteiger partial charge in [0.2, 0.25) is 0 Å². The van der Waals surface area contributed by atoms with Gasteiger partial charge in [-0.2, -0.15) is 0 Å². The van der Waals surface area contributed by atoms with Crippen molar-refractivity contribution in [3.63, 3.8) is 0 Å². The first-order valence-electron chi connectivity index (χ1n) is 7.21. The first kappa shape index (κ1) is 13.6. The number of piperidine rings is 1. The lowest BCUT2D eigenvalue weighted by atomic mass is 9.90.